The van der Waals surface area contributed by atoms with Crippen LogP contribution in [-0.2, 0) is 0 Å². The summed E-state index contributed by atoms with van der Waals surface area (Å²) in [5, 5.41) is 22.4. The number of nitrogens with zero attached hydrogens (tertiary/aromatic N) is 3. The number of hydrogen-bond donors (Lipinski definition) is 3. The lowest BCUT2D eigenvalue weighted by Gasteiger charge is -2.07. The van der Waals surface area contributed by atoms with Crippen LogP contribution in [0.5, 0.6) is 0 Å². The quantitative estimate of drug-likeness (QED) is 0.338. The van der Waals surface area contributed by atoms with Crippen LogP contribution in [0.3, 0.4) is 0 Å². The Morgan fingerprint density at radius 2 is 2.17 bits per heavy atom. The molecule has 0 aliphatic rings. The van der Waals surface area contributed by atoms with E-state index in [9.17, 15) is 0 Å². The average molecular weight is 288 g/mol. The topological polar surface area (TPSA) is 110 Å². The molecule has 0 amide bonds. The summed E-state index contributed by atoms with van der Waals surface area (Å²) in [4.78, 5) is 0. The first-order valence-corrected chi connectivity index (χ1v) is 5.40. The number of nitrogens with one attached hydrogen (secondary N) is 1. The van der Waals surface area contributed by atoms with Gasteiger partial charge in [0.05, 0.1) is 10.7 Å². The van der Waals surface area contributed by atoms with E-state index in [1.54, 1.807) is 12.1 Å². The maximum Gasteiger partial charge on any atom is 0.203 e. The van der Waals surface area contributed by atoms with E-state index in [0.717, 1.165) is 0 Å². The van der Waals surface area contributed by atoms with Crippen LogP contribution in [-0.4, -0.2) is 21.4 Å². The Morgan fingerprint density at radius 3 is 2.72 bits per heavy atom. The third kappa shape index (κ3) is 2.47. The molecule has 1 aromatic heterocycles. The number of halogens is 2. The standard InChI is InChI=1S/C9H7Cl2N5O2/c10-4-1-2-6(5(11)3-4)13-9(14-17)7-8(12)16-18-15-7/h1-3,17H,(H2,12,16)(H,13,14). The molecular weight excluding hydrogens is 281 g/mol. The zero-order valence-corrected chi connectivity index (χ0v) is 10.3. The van der Waals surface area contributed by atoms with Crippen LogP contribution in [0.4, 0.5) is 11.5 Å². The third-order valence-corrected chi connectivity index (χ3v) is 2.57. The molecule has 0 radical (unpaired) electrons. The summed E-state index contributed by atoms with van der Waals surface area (Å²) in [6, 6.07) is 4.76. The van der Waals surface area contributed by atoms with Gasteiger partial charge in [0.2, 0.25) is 5.84 Å². The van der Waals surface area contributed by atoms with E-state index in [1.807, 2.05) is 0 Å². The molecule has 4 N–H and O–H groups in total. The van der Waals surface area contributed by atoms with E-state index in [1.165, 1.54) is 6.07 Å². The molecule has 94 valence electrons. The second kappa shape index (κ2) is 5.11. The molecule has 9 heteroatoms. The fourth-order valence-electron chi connectivity index (χ4n) is 1.21. The zero-order valence-electron chi connectivity index (χ0n) is 8.76. The fourth-order valence-corrected chi connectivity index (χ4v) is 1.67. The molecule has 7 nitrogen and oxygen atoms in total. The van der Waals surface area contributed by atoms with Crippen molar-refractivity contribution in [1.29, 1.82) is 0 Å². The molecule has 0 unspecified atom stereocenters. The van der Waals surface area contributed by atoms with Crippen LogP contribution >= 0.6 is 23.2 Å². The number of benzene rings is 1. The smallest absolute Gasteiger partial charge is 0.203 e. The van der Waals surface area contributed by atoms with E-state index in [4.69, 9.17) is 34.1 Å². The molecule has 0 aliphatic heterocycles. The van der Waals surface area contributed by atoms with Crippen molar-refractivity contribution in [3.05, 3.63) is 33.9 Å². The van der Waals surface area contributed by atoms with Crippen LogP contribution in [0.25, 0.3) is 0 Å². The fraction of sp³-hybridized carbons (Fsp3) is 0. The lowest BCUT2D eigenvalue weighted by Crippen LogP contribution is -2.16. The van der Waals surface area contributed by atoms with Gasteiger partial charge in [0.25, 0.3) is 0 Å². The molecule has 2 rings (SSSR count). The highest BCUT2D eigenvalue weighted by molar-refractivity contribution is 6.36. The maximum atomic E-state index is 8.92. The van der Waals surface area contributed by atoms with Crippen molar-refractivity contribution in [2.45, 2.75) is 0 Å². The number of nitrogen functional groups attached to an aromatic ring is 1. The molecular formula is C9H7Cl2N5O2. The Bertz CT molecular complexity index is 598. The molecule has 0 saturated heterocycles. The van der Waals surface area contributed by atoms with Gasteiger partial charge in [-0.25, -0.2) is 4.63 Å². The number of anilines is 2. The SMILES string of the molecule is Nc1nonc1/C(=N\O)Nc1ccc(Cl)cc1Cl. The minimum atomic E-state index is -0.0435. The van der Waals surface area contributed by atoms with Crippen LogP contribution in [0.2, 0.25) is 10.0 Å². The lowest BCUT2D eigenvalue weighted by atomic mass is 10.3. The van der Waals surface area contributed by atoms with Crippen molar-refractivity contribution in [3.8, 4) is 0 Å². The van der Waals surface area contributed by atoms with E-state index >= 15 is 0 Å². The first kappa shape index (κ1) is 12.5. The van der Waals surface area contributed by atoms with Gasteiger partial charge in [-0.05, 0) is 28.5 Å². The normalized spacial score (nSPS) is 11.6. The van der Waals surface area contributed by atoms with Crippen LogP contribution in [0, 0.1) is 0 Å². The van der Waals surface area contributed by atoms with E-state index < -0.39 is 0 Å². The number of aromatic nitrogens is 2. The Balaban J connectivity index is 2.30. The van der Waals surface area contributed by atoms with Gasteiger partial charge in [-0.1, -0.05) is 28.4 Å². The summed E-state index contributed by atoms with van der Waals surface area (Å²) in [7, 11) is 0. The second-order valence-corrected chi connectivity index (χ2v) is 4.04. The maximum absolute atomic E-state index is 8.92. The molecule has 18 heavy (non-hydrogen) atoms. The molecule has 1 heterocycles. The first-order chi connectivity index (χ1) is 8.61. The molecule has 1 aromatic carbocycles. The highest BCUT2D eigenvalue weighted by Crippen LogP contribution is 2.26. The molecule has 0 spiro atoms. The van der Waals surface area contributed by atoms with Gasteiger partial charge < -0.3 is 16.3 Å². The molecule has 2 aromatic rings. The van der Waals surface area contributed by atoms with Gasteiger partial charge in [0.15, 0.2) is 11.5 Å². The summed E-state index contributed by atoms with van der Waals surface area (Å²) >= 11 is 11.7. The van der Waals surface area contributed by atoms with Crippen molar-refractivity contribution < 1.29 is 9.84 Å². The summed E-state index contributed by atoms with van der Waals surface area (Å²) in [6.45, 7) is 0. The summed E-state index contributed by atoms with van der Waals surface area (Å²) in [5.74, 6) is -0.0571. The van der Waals surface area contributed by atoms with Crippen molar-refractivity contribution in [2.75, 3.05) is 11.1 Å². The van der Waals surface area contributed by atoms with E-state index in [-0.39, 0.29) is 17.3 Å². The van der Waals surface area contributed by atoms with Gasteiger partial charge in [0, 0.05) is 5.02 Å². The van der Waals surface area contributed by atoms with Gasteiger partial charge >= 0.3 is 0 Å². The first-order valence-electron chi connectivity index (χ1n) is 4.64. The zero-order chi connectivity index (χ0) is 13.1. The van der Waals surface area contributed by atoms with Gasteiger partial charge in [0.1, 0.15) is 0 Å². The Labute approximate surface area is 111 Å². The van der Waals surface area contributed by atoms with E-state index in [2.05, 4.69) is 25.4 Å². The van der Waals surface area contributed by atoms with Crippen molar-refractivity contribution in [3.63, 3.8) is 0 Å². The Kier molecular flexibility index (Phi) is 3.54. The van der Waals surface area contributed by atoms with Gasteiger partial charge in [-0.2, -0.15) is 0 Å². The number of hydrogen-bond acceptors (Lipinski definition) is 6. The number of rotatable bonds is 2. The Morgan fingerprint density at radius 1 is 1.39 bits per heavy atom. The summed E-state index contributed by atoms with van der Waals surface area (Å²) in [5.41, 5.74) is 6.02. The molecule has 0 atom stereocenters. The van der Waals surface area contributed by atoms with Crippen LogP contribution in [0.1, 0.15) is 5.69 Å². The molecule has 0 aliphatic carbocycles. The summed E-state index contributed by atoms with van der Waals surface area (Å²) in [6.07, 6.45) is 0. The van der Waals surface area contributed by atoms with E-state index in [0.29, 0.717) is 15.7 Å². The minimum Gasteiger partial charge on any atom is -0.409 e. The largest absolute Gasteiger partial charge is 0.409 e. The van der Waals surface area contributed by atoms with Gasteiger partial charge in [-0.3, -0.25) is 0 Å². The predicted octanol–water partition coefficient (Wildman–Crippen LogP) is 2.21. The second-order valence-electron chi connectivity index (χ2n) is 3.20. The summed E-state index contributed by atoms with van der Waals surface area (Å²) < 4.78 is 4.40. The molecule has 0 saturated carbocycles. The highest BCUT2D eigenvalue weighted by Gasteiger charge is 2.16. The minimum absolute atomic E-state index is 0.0135. The van der Waals surface area contributed by atoms with Crippen molar-refractivity contribution >= 4 is 40.5 Å². The third-order valence-electron chi connectivity index (χ3n) is 2.02. The molecule has 0 bridgehead atoms. The monoisotopic (exact) mass is 287 g/mol. The van der Waals surface area contributed by atoms with Crippen LogP contribution < -0.4 is 11.1 Å². The predicted molar refractivity (Wildman–Crippen MR) is 67.1 cm³/mol. The lowest BCUT2D eigenvalue weighted by molar-refractivity contribution is 0.305. The Hall–Kier alpha value is -1.99. The average Bonchev–Trinajstić information content (AvgIpc) is 2.75. The van der Waals surface area contributed by atoms with Gasteiger partial charge in [-0.15, -0.1) is 0 Å². The highest BCUT2D eigenvalue weighted by atomic mass is 35.5. The number of amidine groups is 1. The molecule has 0 fully saturated rings. The number of nitrogens with two attached hydrogens (primary N) is 1. The number of oxime groups is 1. The van der Waals surface area contributed by atoms with Crippen molar-refractivity contribution in [1.82, 2.24) is 10.3 Å². The van der Waals surface area contributed by atoms with Crippen LogP contribution in [0.15, 0.2) is 28.0 Å². The van der Waals surface area contributed by atoms with Crippen molar-refractivity contribution in [2.24, 2.45) is 5.16 Å².